The zero-order valence-corrected chi connectivity index (χ0v) is 12.7. The Balaban J connectivity index is 1.98. The van der Waals surface area contributed by atoms with E-state index < -0.39 is 0 Å². The molecule has 0 unspecified atom stereocenters. The van der Waals surface area contributed by atoms with Gasteiger partial charge in [0.05, 0.1) is 7.11 Å². The largest absolute Gasteiger partial charge is 0.507 e. The van der Waals surface area contributed by atoms with Crippen molar-refractivity contribution in [2.45, 2.75) is 0 Å². The predicted molar refractivity (Wildman–Crippen MR) is 92.0 cm³/mol. The number of hydrogen-bond donors (Lipinski definition) is 1. The molecule has 3 rings (SSSR count). The molecule has 0 bridgehead atoms. The standard InChI is InChI=1S/C20H16O3/c1-23-19-11-5-10-17(21)20(19)18(22)13-12-15-8-4-7-14-6-2-3-9-16(14)15/h2-13,21H,1H3/b13-12+. The Hall–Kier alpha value is -3.07. The second-order valence-electron chi connectivity index (χ2n) is 5.12. The molecule has 3 aromatic carbocycles. The lowest BCUT2D eigenvalue weighted by atomic mass is 10.0. The number of ether oxygens (including phenoxy) is 1. The summed E-state index contributed by atoms with van der Waals surface area (Å²) in [6, 6.07) is 18.7. The van der Waals surface area contributed by atoms with Crippen molar-refractivity contribution in [2.24, 2.45) is 0 Å². The molecule has 3 nitrogen and oxygen atoms in total. The van der Waals surface area contributed by atoms with Gasteiger partial charge in [-0.2, -0.15) is 0 Å². The highest BCUT2D eigenvalue weighted by atomic mass is 16.5. The highest BCUT2D eigenvalue weighted by Crippen LogP contribution is 2.28. The Morgan fingerprint density at radius 3 is 2.57 bits per heavy atom. The van der Waals surface area contributed by atoms with Crippen molar-refractivity contribution in [2.75, 3.05) is 7.11 Å². The van der Waals surface area contributed by atoms with Gasteiger partial charge in [-0.3, -0.25) is 4.79 Å². The van der Waals surface area contributed by atoms with Crippen LogP contribution in [0.25, 0.3) is 16.8 Å². The fourth-order valence-electron chi connectivity index (χ4n) is 2.58. The maximum Gasteiger partial charge on any atom is 0.193 e. The quantitative estimate of drug-likeness (QED) is 0.572. The van der Waals surface area contributed by atoms with Crippen LogP contribution in [0.2, 0.25) is 0 Å². The first-order valence-corrected chi connectivity index (χ1v) is 7.27. The van der Waals surface area contributed by atoms with Gasteiger partial charge in [0.15, 0.2) is 5.78 Å². The van der Waals surface area contributed by atoms with Crippen molar-refractivity contribution in [3.05, 3.63) is 77.9 Å². The van der Waals surface area contributed by atoms with Crippen LogP contribution < -0.4 is 4.74 Å². The minimum Gasteiger partial charge on any atom is -0.507 e. The molecule has 0 atom stereocenters. The average molecular weight is 304 g/mol. The molecule has 0 radical (unpaired) electrons. The molecule has 3 heteroatoms. The molecule has 0 aliphatic carbocycles. The van der Waals surface area contributed by atoms with E-state index in [-0.39, 0.29) is 17.1 Å². The number of rotatable bonds is 4. The zero-order valence-electron chi connectivity index (χ0n) is 12.7. The Bertz CT molecular complexity index is 889. The van der Waals surface area contributed by atoms with E-state index in [0.29, 0.717) is 5.75 Å². The van der Waals surface area contributed by atoms with Gasteiger partial charge in [0, 0.05) is 0 Å². The number of ketones is 1. The maximum atomic E-state index is 12.4. The van der Waals surface area contributed by atoms with Crippen molar-refractivity contribution in [3.8, 4) is 11.5 Å². The van der Waals surface area contributed by atoms with Crippen molar-refractivity contribution in [1.82, 2.24) is 0 Å². The SMILES string of the molecule is COc1cccc(O)c1C(=O)/C=C/c1cccc2ccccc12. The van der Waals surface area contributed by atoms with Crippen LogP contribution in [-0.2, 0) is 0 Å². The maximum absolute atomic E-state index is 12.4. The average Bonchev–Trinajstić information content (AvgIpc) is 2.59. The van der Waals surface area contributed by atoms with Crippen LogP contribution in [0.1, 0.15) is 15.9 Å². The molecule has 0 aliphatic rings. The summed E-state index contributed by atoms with van der Waals surface area (Å²) in [5.74, 6) is -0.0256. The van der Waals surface area contributed by atoms with Crippen LogP contribution in [0.4, 0.5) is 0 Å². The lowest BCUT2D eigenvalue weighted by molar-refractivity contribution is 0.104. The number of benzene rings is 3. The van der Waals surface area contributed by atoms with Crippen LogP contribution in [0, 0.1) is 0 Å². The highest BCUT2D eigenvalue weighted by molar-refractivity contribution is 6.11. The molecule has 0 amide bonds. The number of fused-ring (bicyclic) bond motifs is 1. The summed E-state index contributed by atoms with van der Waals surface area (Å²) >= 11 is 0. The Labute approximate surface area is 134 Å². The van der Waals surface area contributed by atoms with Gasteiger partial charge in [-0.15, -0.1) is 0 Å². The summed E-state index contributed by atoms with van der Waals surface area (Å²) in [5.41, 5.74) is 1.12. The van der Waals surface area contributed by atoms with Crippen LogP contribution in [-0.4, -0.2) is 18.0 Å². The third-order valence-corrected chi connectivity index (χ3v) is 3.71. The van der Waals surface area contributed by atoms with Crippen LogP contribution in [0.15, 0.2) is 66.7 Å². The molecular weight excluding hydrogens is 288 g/mol. The van der Waals surface area contributed by atoms with Crippen LogP contribution in [0.3, 0.4) is 0 Å². The number of methoxy groups -OCH3 is 1. The summed E-state index contributed by atoms with van der Waals surface area (Å²) < 4.78 is 5.15. The van der Waals surface area contributed by atoms with E-state index in [1.165, 1.54) is 19.3 Å². The summed E-state index contributed by atoms with van der Waals surface area (Å²) in [6.45, 7) is 0. The molecule has 114 valence electrons. The fourth-order valence-corrected chi connectivity index (χ4v) is 2.58. The lowest BCUT2D eigenvalue weighted by Crippen LogP contribution is -1.99. The van der Waals surface area contributed by atoms with Gasteiger partial charge >= 0.3 is 0 Å². The van der Waals surface area contributed by atoms with Crippen LogP contribution in [0.5, 0.6) is 11.5 Å². The highest BCUT2D eigenvalue weighted by Gasteiger charge is 2.14. The summed E-state index contributed by atoms with van der Waals surface area (Å²) in [4.78, 5) is 12.4. The first-order valence-electron chi connectivity index (χ1n) is 7.27. The Kier molecular flexibility index (Phi) is 4.11. The van der Waals surface area contributed by atoms with Gasteiger partial charge in [-0.05, 0) is 34.5 Å². The van der Waals surface area contributed by atoms with Gasteiger partial charge in [-0.25, -0.2) is 0 Å². The zero-order chi connectivity index (χ0) is 16.2. The van der Waals surface area contributed by atoms with E-state index in [4.69, 9.17) is 4.74 Å². The van der Waals surface area contributed by atoms with E-state index in [0.717, 1.165) is 16.3 Å². The predicted octanol–water partition coefficient (Wildman–Crippen LogP) is 4.45. The molecule has 0 spiro atoms. The number of aromatic hydroxyl groups is 1. The Morgan fingerprint density at radius 2 is 1.74 bits per heavy atom. The number of carbonyl (C=O) groups is 1. The number of hydrogen-bond acceptors (Lipinski definition) is 3. The molecule has 1 N–H and O–H groups in total. The molecule has 0 fully saturated rings. The number of phenols is 1. The Morgan fingerprint density at radius 1 is 1.00 bits per heavy atom. The minimum absolute atomic E-state index is 0.0862. The van der Waals surface area contributed by atoms with Crippen molar-refractivity contribution in [1.29, 1.82) is 0 Å². The van der Waals surface area contributed by atoms with Crippen molar-refractivity contribution >= 4 is 22.6 Å². The molecule has 0 saturated carbocycles. The smallest absolute Gasteiger partial charge is 0.193 e. The second kappa shape index (κ2) is 6.36. The van der Waals surface area contributed by atoms with E-state index in [1.807, 2.05) is 42.5 Å². The molecule has 0 aromatic heterocycles. The molecular formula is C20H16O3. The lowest BCUT2D eigenvalue weighted by Gasteiger charge is -2.07. The van der Waals surface area contributed by atoms with Crippen molar-refractivity contribution in [3.63, 3.8) is 0 Å². The van der Waals surface area contributed by atoms with Gasteiger partial charge in [0.2, 0.25) is 0 Å². The van der Waals surface area contributed by atoms with Crippen LogP contribution >= 0.6 is 0 Å². The number of allylic oxidation sites excluding steroid dienone is 1. The van der Waals surface area contributed by atoms with E-state index in [1.54, 1.807) is 18.2 Å². The van der Waals surface area contributed by atoms with E-state index in [9.17, 15) is 9.90 Å². The molecule has 0 saturated heterocycles. The van der Waals surface area contributed by atoms with Gasteiger partial charge in [0.25, 0.3) is 0 Å². The normalized spacial score (nSPS) is 11.0. The van der Waals surface area contributed by atoms with Gasteiger partial charge < -0.3 is 9.84 Å². The van der Waals surface area contributed by atoms with Crippen molar-refractivity contribution < 1.29 is 14.6 Å². The fraction of sp³-hybridized carbons (Fsp3) is 0.0500. The first-order chi connectivity index (χ1) is 11.2. The third kappa shape index (κ3) is 2.94. The van der Waals surface area contributed by atoms with E-state index in [2.05, 4.69) is 0 Å². The van der Waals surface area contributed by atoms with Gasteiger partial charge in [0.1, 0.15) is 17.1 Å². The first kappa shape index (κ1) is 14.9. The monoisotopic (exact) mass is 304 g/mol. The number of carbonyl (C=O) groups excluding carboxylic acids is 1. The molecule has 0 aliphatic heterocycles. The summed E-state index contributed by atoms with van der Waals surface area (Å²) in [7, 11) is 1.47. The van der Waals surface area contributed by atoms with E-state index >= 15 is 0 Å². The minimum atomic E-state index is -0.298. The molecule has 23 heavy (non-hydrogen) atoms. The summed E-state index contributed by atoms with van der Waals surface area (Å²) in [5, 5.41) is 12.1. The summed E-state index contributed by atoms with van der Waals surface area (Å²) in [6.07, 6.45) is 3.22. The number of phenolic OH excluding ortho intramolecular Hbond substituents is 1. The topological polar surface area (TPSA) is 46.5 Å². The molecule has 0 heterocycles. The van der Waals surface area contributed by atoms with Gasteiger partial charge in [-0.1, -0.05) is 54.6 Å². The second-order valence-corrected chi connectivity index (χ2v) is 5.12. The third-order valence-electron chi connectivity index (χ3n) is 3.71. The molecule has 3 aromatic rings.